The van der Waals surface area contributed by atoms with Crippen LogP contribution < -0.4 is 0 Å². The maximum Gasteiger partial charge on any atom is 0.122 e. The van der Waals surface area contributed by atoms with Gasteiger partial charge < -0.3 is 9.84 Å². The summed E-state index contributed by atoms with van der Waals surface area (Å²) in [7, 11) is 0. The van der Waals surface area contributed by atoms with Gasteiger partial charge in [0, 0.05) is 37.8 Å². The zero-order valence-electron chi connectivity index (χ0n) is 13.8. The van der Waals surface area contributed by atoms with Crippen molar-refractivity contribution in [2.75, 3.05) is 39.4 Å². The number of phenolic OH excluding ortho intramolecular Hbond substituents is 1. The van der Waals surface area contributed by atoms with Gasteiger partial charge >= 0.3 is 0 Å². The predicted octanol–water partition coefficient (Wildman–Crippen LogP) is 2.31. The van der Waals surface area contributed by atoms with Crippen molar-refractivity contribution in [3.05, 3.63) is 28.8 Å². The number of aromatic hydroxyl groups is 1. The summed E-state index contributed by atoms with van der Waals surface area (Å²) in [4.78, 5) is 5.07. The third-order valence-corrected chi connectivity index (χ3v) is 4.97. The number of ether oxygens (including phenoxy) is 1. The van der Waals surface area contributed by atoms with Gasteiger partial charge in [0.1, 0.15) is 5.75 Å². The molecule has 4 heteroatoms. The minimum absolute atomic E-state index is 0.475. The number of hydrogen-bond donors (Lipinski definition) is 1. The summed E-state index contributed by atoms with van der Waals surface area (Å²) in [6, 6.07) is 4.79. The third kappa shape index (κ3) is 3.62. The Kier molecular flexibility index (Phi) is 5.01. The molecule has 4 nitrogen and oxygen atoms in total. The maximum absolute atomic E-state index is 10.3. The zero-order chi connectivity index (χ0) is 15.5. The van der Waals surface area contributed by atoms with E-state index >= 15 is 0 Å². The summed E-state index contributed by atoms with van der Waals surface area (Å²) in [6.45, 7) is 11.1. The lowest BCUT2D eigenvalue weighted by Crippen LogP contribution is -2.44. The zero-order valence-corrected chi connectivity index (χ0v) is 13.8. The molecule has 3 rings (SSSR count). The second kappa shape index (κ2) is 6.99. The Morgan fingerprint density at radius 1 is 1.18 bits per heavy atom. The molecule has 2 saturated heterocycles. The standard InChI is InChI=1S/C18H28N2O2/c1-14-10-15(2)18(21)16(11-14)12-20-5-3-4-17(20)13-19-6-8-22-9-7-19/h10-11,17,21H,3-9,12-13H2,1-2H3/t17-/m1/s1. The molecule has 0 radical (unpaired) electrons. The molecule has 2 aliphatic heterocycles. The first-order valence-electron chi connectivity index (χ1n) is 8.47. The summed E-state index contributed by atoms with van der Waals surface area (Å²) in [5.74, 6) is 0.475. The van der Waals surface area contributed by atoms with E-state index in [0.29, 0.717) is 11.8 Å². The molecule has 0 unspecified atom stereocenters. The quantitative estimate of drug-likeness (QED) is 0.926. The van der Waals surface area contributed by atoms with Gasteiger partial charge in [-0.3, -0.25) is 9.80 Å². The van der Waals surface area contributed by atoms with Crippen LogP contribution in [-0.4, -0.2) is 60.3 Å². The average Bonchev–Trinajstić information content (AvgIpc) is 2.92. The molecule has 1 N–H and O–H groups in total. The van der Waals surface area contributed by atoms with Crippen molar-refractivity contribution in [1.82, 2.24) is 9.80 Å². The molecule has 2 fully saturated rings. The highest BCUT2D eigenvalue weighted by Gasteiger charge is 2.27. The summed E-state index contributed by atoms with van der Waals surface area (Å²) < 4.78 is 5.44. The fourth-order valence-corrected chi connectivity index (χ4v) is 3.78. The lowest BCUT2D eigenvalue weighted by Gasteiger charge is -2.33. The Labute approximate surface area is 133 Å². The molecule has 0 spiro atoms. The van der Waals surface area contributed by atoms with Crippen molar-refractivity contribution in [2.24, 2.45) is 0 Å². The second-order valence-electron chi connectivity index (χ2n) is 6.77. The van der Waals surface area contributed by atoms with E-state index in [1.807, 2.05) is 13.0 Å². The number of morpholine rings is 1. The van der Waals surface area contributed by atoms with Gasteiger partial charge in [-0.25, -0.2) is 0 Å². The monoisotopic (exact) mass is 304 g/mol. The van der Waals surface area contributed by atoms with E-state index in [1.165, 1.54) is 18.4 Å². The number of aryl methyl sites for hydroxylation is 2. The van der Waals surface area contributed by atoms with Crippen LogP contribution in [0, 0.1) is 13.8 Å². The molecule has 1 aromatic carbocycles. The fourth-order valence-electron chi connectivity index (χ4n) is 3.78. The summed E-state index contributed by atoms with van der Waals surface area (Å²) in [5, 5.41) is 10.3. The Balaban J connectivity index is 1.66. The highest BCUT2D eigenvalue weighted by molar-refractivity contribution is 5.42. The topological polar surface area (TPSA) is 35.9 Å². The normalized spacial score (nSPS) is 24.0. The van der Waals surface area contributed by atoms with E-state index in [9.17, 15) is 5.11 Å². The third-order valence-electron chi connectivity index (χ3n) is 4.97. The van der Waals surface area contributed by atoms with Gasteiger partial charge in [0.25, 0.3) is 0 Å². The van der Waals surface area contributed by atoms with Crippen LogP contribution in [0.25, 0.3) is 0 Å². The van der Waals surface area contributed by atoms with Gasteiger partial charge in [-0.1, -0.05) is 17.7 Å². The van der Waals surface area contributed by atoms with E-state index in [2.05, 4.69) is 22.8 Å². The van der Waals surface area contributed by atoms with Crippen LogP contribution in [0.5, 0.6) is 5.75 Å². The number of hydrogen-bond acceptors (Lipinski definition) is 4. The van der Waals surface area contributed by atoms with Crippen LogP contribution in [-0.2, 0) is 11.3 Å². The van der Waals surface area contributed by atoms with Crippen LogP contribution in [0.2, 0.25) is 0 Å². The van der Waals surface area contributed by atoms with Crippen molar-refractivity contribution in [3.8, 4) is 5.75 Å². The van der Waals surface area contributed by atoms with Crippen LogP contribution in [0.1, 0.15) is 29.5 Å². The van der Waals surface area contributed by atoms with Gasteiger partial charge in [-0.05, 0) is 38.8 Å². The Morgan fingerprint density at radius 2 is 1.95 bits per heavy atom. The van der Waals surface area contributed by atoms with Gasteiger partial charge in [0.2, 0.25) is 0 Å². The minimum atomic E-state index is 0.475. The molecule has 122 valence electrons. The Hall–Kier alpha value is -1.10. The first-order valence-corrected chi connectivity index (χ1v) is 8.47. The number of rotatable bonds is 4. The van der Waals surface area contributed by atoms with Crippen LogP contribution >= 0.6 is 0 Å². The molecule has 0 bridgehead atoms. The largest absolute Gasteiger partial charge is 0.507 e. The predicted molar refractivity (Wildman–Crippen MR) is 88.3 cm³/mol. The molecular formula is C18H28N2O2. The van der Waals surface area contributed by atoms with E-state index in [0.717, 1.165) is 57.1 Å². The van der Waals surface area contributed by atoms with Gasteiger partial charge in [-0.15, -0.1) is 0 Å². The molecule has 1 aromatic rings. The Bertz CT molecular complexity index is 512. The highest BCUT2D eigenvalue weighted by atomic mass is 16.5. The summed E-state index contributed by atoms with van der Waals surface area (Å²) >= 11 is 0. The summed E-state index contributed by atoms with van der Waals surface area (Å²) in [6.07, 6.45) is 2.53. The number of phenols is 1. The van der Waals surface area contributed by atoms with Crippen molar-refractivity contribution < 1.29 is 9.84 Å². The second-order valence-corrected chi connectivity index (χ2v) is 6.77. The van der Waals surface area contributed by atoms with Crippen LogP contribution in [0.4, 0.5) is 0 Å². The van der Waals surface area contributed by atoms with E-state index < -0.39 is 0 Å². The smallest absolute Gasteiger partial charge is 0.122 e. The SMILES string of the molecule is Cc1cc(C)c(O)c(CN2CCC[C@@H]2CN2CCOCC2)c1. The first kappa shape index (κ1) is 15.8. The molecule has 2 aliphatic rings. The first-order chi connectivity index (χ1) is 10.6. The van der Waals surface area contributed by atoms with Crippen molar-refractivity contribution in [1.29, 1.82) is 0 Å². The van der Waals surface area contributed by atoms with Crippen molar-refractivity contribution >= 4 is 0 Å². The van der Waals surface area contributed by atoms with Gasteiger partial charge in [-0.2, -0.15) is 0 Å². The minimum Gasteiger partial charge on any atom is -0.507 e. The molecular weight excluding hydrogens is 276 g/mol. The number of nitrogens with zero attached hydrogens (tertiary/aromatic N) is 2. The molecule has 22 heavy (non-hydrogen) atoms. The van der Waals surface area contributed by atoms with E-state index in [-0.39, 0.29) is 0 Å². The molecule has 1 atom stereocenters. The van der Waals surface area contributed by atoms with Crippen LogP contribution in [0.3, 0.4) is 0 Å². The van der Waals surface area contributed by atoms with Gasteiger partial charge in [0.05, 0.1) is 13.2 Å². The number of benzene rings is 1. The Morgan fingerprint density at radius 3 is 2.73 bits per heavy atom. The lowest BCUT2D eigenvalue weighted by molar-refractivity contribution is 0.0261. The number of likely N-dealkylation sites (tertiary alicyclic amines) is 1. The van der Waals surface area contributed by atoms with Crippen molar-refractivity contribution in [3.63, 3.8) is 0 Å². The molecule has 2 heterocycles. The lowest BCUT2D eigenvalue weighted by atomic mass is 10.0. The molecule has 0 aliphatic carbocycles. The molecule has 0 saturated carbocycles. The van der Waals surface area contributed by atoms with Gasteiger partial charge in [0.15, 0.2) is 0 Å². The molecule has 0 amide bonds. The van der Waals surface area contributed by atoms with E-state index in [1.54, 1.807) is 0 Å². The average molecular weight is 304 g/mol. The van der Waals surface area contributed by atoms with E-state index in [4.69, 9.17) is 4.74 Å². The highest BCUT2D eigenvalue weighted by Crippen LogP contribution is 2.28. The fraction of sp³-hybridized carbons (Fsp3) is 0.667. The summed E-state index contributed by atoms with van der Waals surface area (Å²) in [5.41, 5.74) is 3.29. The molecule has 0 aromatic heterocycles. The van der Waals surface area contributed by atoms with Crippen molar-refractivity contribution in [2.45, 2.75) is 39.3 Å². The van der Waals surface area contributed by atoms with Crippen LogP contribution in [0.15, 0.2) is 12.1 Å². The maximum atomic E-state index is 10.3.